The molecule has 1 N–H and O–H groups in total. The van der Waals surface area contributed by atoms with E-state index in [9.17, 15) is 14.0 Å². The molecule has 0 rings (SSSR count). The summed E-state index contributed by atoms with van der Waals surface area (Å²) in [5.41, 5.74) is 0. The Morgan fingerprint density at radius 2 is 2.30 bits per heavy atom. The fraction of sp³-hybridized carbons (Fsp3) is 1.00. The number of rotatable bonds is 4. The Kier molecular flexibility index (Phi) is 4.20. The lowest BCUT2D eigenvalue weighted by molar-refractivity contribution is -0.179. The highest BCUT2D eigenvalue weighted by atomic mass is 31.2. The standard InChI is InChI=1S/C2H6O6P2/c1-2-7-10(5,6)8-9(3)4/h2H2,1H3,(H,5,6). The second-order valence-electron chi connectivity index (χ2n) is 1.19. The summed E-state index contributed by atoms with van der Waals surface area (Å²) in [6, 6.07) is 0. The van der Waals surface area contributed by atoms with Crippen molar-refractivity contribution >= 4 is 16.1 Å². The predicted molar refractivity (Wildman–Crippen MR) is 30.1 cm³/mol. The Morgan fingerprint density at radius 1 is 1.80 bits per heavy atom. The number of phosphoric ester groups is 1. The van der Waals surface area contributed by atoms with Crippen LogP contribution in [-0.4, -0.2) is 11.5 Å². The SMILES string of the molecule is CCOP(=O)(O)O[P+](=O)[O-]. The summed E-state index contributed by atoms with van der Waals surface area (Å²) in [6.45, 7) is 1.35. The Balaban J connectivity index is 3.87. The maximum Gasteiger partial charge on any atom is 0.515 e. The molecule has 0 radical (unpaired) electrons. The third-order valence-corrected chi connectivity index (χ3v) is 2.41. The van der Waals surface area contributed by atoms with Gasteiger partial charge in [0.1, 0.15) is 0 Å². The molecule has 0 heterocycles. The van der Waals surface area contributed by atoms with Crippen molar-refractivity contribution in [1.29, 1.82) is 0 Å². The summed E-state index contributed by atoms with van der Waals surface area (Å²) in [5, 5.41) is 0. The summed E-state index contributed by atoms with van der Waals surface area (Å²) < 4.78 is 27.6. The van der Waals surface area contributed by atoms with Crippen molar-refractivity contribution in [1.82, 2.24) is 0 Å². The average molecular weight is 188 g/mol. The average Bonchev–Trinajstić information content (AvgIpc) is 1.59. The summed E-state index contributed by atoms with van der Waals surface area (Å²) in [4.78, 5) is 18.1. The predicted octanol–water partition coefficient (Wildman–Crippen LogP) is 0.158. The highest BCUT2D eigenvalue weighted by Crippen LogP contribution is 2.49. The zero-order valence-electron chi connectivity index (χ0n) is 5.09. The van der Waals surface area contributed by atoms with Gasteiger partial charge in [0.2, 0.25) is 0 Å². The third kappa shape index (κ3) is 4.99. The van der Waals surface area contributed by atoms with Gasteiger partial charge >= 0.3 is 16.1 Å². The molecule has 0 fully saturated rings. The molecular weight excluding hydrogens is 182 g/mol. The molecule has 0 spiro atoms. The molecule has 0 bridgehead atoms. The Hall–Kier alpha value is 0.170. The van der Waals surface area contributed by atoms with Crippen LogP contribution in [0.1, 0.15) is 6.92 Å². The maximum absolute atomic E-state index is 10.4. The Morgan fingerprint density at radius 3 is 2.60 bits per heavy atom. The van der Waals surface area contributed by atoms with E-state index in [0.717, 1.165) is 0 Å². The lowest BCUT2D eigenvalue weighted by Gasteiger charge is -2.01. The summed E-state index contributed by atoms with van der Waals surface area (Å²) in [5.74, 6) is 0. The molecule has 0 aromatic heterocycles. The molecule has 6 nitrogen and oxygen atoms in total. The first-order valence-corrected chi connectivity index (χ1v) is 4.88. The zero-order valence-corrected chi connectivity index (χ0v) is 6.88. The molecule has 0 saturated carbocycles. The molecule has 0 aliphatic carbocycles. The summed E-state index contributed by atoms with van der Waals surface area (Å²) >= 11 is 0. The van der Waals surface area contributed by atoms with Gasteiger partial charge in [0.05, 0.1) is 6.61 Å². The highest BCUT2D eigenvalue weighted by Gasteiger charge is 2.28. The zero-order chi connectivity index (χ0) is 8.20. The molecule has 0 aromatic rings. The maximum atomic E-state index is 10.4. The first-order chi connectivity index (χ1) is 4.48. The summed E-state index contributed by atoms with van der Waals surface area (Å²) in [7, 11) is -7.68. The van der Waals surface area contributed by atoms with Crippen molar-refractivity contribution < 1.29 is 27.8 Å². The van der Waals surface area contributed by atoms with Crippen molar-refractivity contribution in [3.05, 3.63) is 0 Å². The lowest BCUT2D eigenvalue weighted by Crippen LogP contribution is -1.93. The number of hydrogen-bond donors (Lipinski definition) is 1. The third-order valence-electron chi connectivity index (χ3n) is 0.462. The second kappa shape index (κ2) is 4.13. The molecule has 8 heteroatoms. The molecule has 2 unspecified atom stereocenters. The van der Waals surface area contributed by atoms with Crippen LogP contribution >= 0.6 is 16.1 Å². The molecule has 60 valence electrons. The molecular formula is C2H6O6P2. The molecule has 0 aliphatic rings. The molecule has 10 heavy (non-hydrogen) atoms. The van der Waals surface area contributed by atoms with E-state index >= 15 is 0 Å². The van der Waals surface area contributed by atoms with Crippen molar-refractivity contribution in [3.8, 4) is 0 Å². The fourth-order valence-electron chi connectivity index (χ4n) is 0.271. The van der Waals surface area contributed by atoms with Gasteiger partial charge in [-0.3, -0.25) is 4.52 Å². The van der Waals surface area contributed by atoms with Gasteiger partial charge in [-0.05, 0) is 15.8 Å². The van der Waals surface area contributed by atoms with Crippen molar-refractivity contribution in [2.75, 3.05) is 6.61 Å². The van der Waals surface area contributed by atoms with Crippen LogP contribution in [0.3, 0.4) is 0 Å². The molecule has 2 atom stereocenters. The highest BCUT2D eigenvalue weighted by molar-refractivity contribution is 7.55. The van der Waals surface area contributed by atoms with Gasteiger partial charge in [0.15, 0.2) is 0 Å². The van der Waals surface area contributed by atoms with Crippen molar-refractivity contribution in [3.63, 3.8) is 0 Å². The smallest absolute Gasteiger partial charge is 0.515 e. The van der Waals surface area contributed by atoms with Gasteiger partial charge in [0, 0.05) is 0 Å². The van der Waals surface area contributed by atoms with Gasteiger partial charge in [-0.25, -0.2) is 4.57 Å². The topological polar surface area (TPSA) is 95.9 Å². The van der Waals surface area contributed by atoms with Crippen LogP contribution in [0.5, 0.6) is 0 Å². The van der Waals surface area contributed by atoms with Gasteiger partial charge in [-0.15, -0.1) is 0 Å². The van der Waals surface area contributed by atoms with Crippen molar-refractivity contribution in [2.24, 2.45) is 0 Å². The van der Waals surface area contributed by atoms with E-state index in [0.29, 0.717) is 0 Å². The van der Waals surface area contributed by atoms with E-state index in [1.807, 2.05) is 0 Å². The van der Waals surface area contributed by atoms with Crippen LogP contribution in [-0.2, 0) is 18.0 Å². The van der Waals surface area contributed by atoms with Gasteiger partial charge < -0.3 is 9.79 Å². The van der Waals surface area contributed by atoms with Gasteiger partial charge in [-0.2, -0.15) is 0 Å². The van der Waals surface area contributed by atoms with E-state index in [2.05, 4.69) is 8.83 Å². The van der Waals surface area contributed by atoms with E-state index in [1.165, 1.54) is 6.92 Å². The minimum absolute atomic E-state index is 0.0864. The summed E-state index contributed by atoms with van der Waals surface area (Å²) in [6.07, 6.45) is 0. The van der Waals surface area contributed by atoms with Crippen molar-refractivity contribution in [2.45, 2.75) is 6.92 Å². The van der Waals surface area contributed by atoms with E-state index in [4.69, 9.17) is 4.89 Å². The van der Waals surface area contributed by atoms with E-state index < -0.39 is 16.1 Å². The largest absolute Gasteiger partial charge is 0.566 e. The Bertz CT molecular complexity index is 165. The van der Waals surface area contributed by atoms with Crippen LogP contribution in [0.15, 0.2) is 0 Å². The number of hydrogen-bond acceptors (Lipinski definition) is 5. The minimum atomic E-state index is -4.34. The minimum Gasteiger partial charge on any atom is -0.566 e. The van der Waals surface area contributed by atoms with Crippen LogP contribution < -0.4 is 4.89 Å². The first kappa shape index (κ1) is 10.2. The van der Waals surface area contributed by atoms with Crippen LogP contribution in [0.2, 0.25) is 0 Å². The quantitative estimate of drug-likeness (QED) is 0.631. The van der Waals surface area contributed by atoms with Crippen LogP contribution in [0, 0.1) is 0 Å². The number of phosphoric acid groups is 1. The lowest BCUT2D eigenvalue weighted by atomic mass is 10.9. The monoisotopic (exact) mass is 188 g/mol. The van der Waals surface area contributed by atoms with Gasteiger partial charge in [-0.1, -0.05) is 0 Å². The normalized spacial score (nSPS) is 18.1. The van der Waals surface area contributed by atoms with E-state index in [1.54, 1.807) is 0 Å². The van der Waals surface area contributed by atoms with Crippen LogP contribution in [0.4, 0.5) is 0 Å². The molecule has 0 saturated heterocycles. The molecule has 0 amide bonds. The second-order valence-corrected chi connectivity index (χ2v) is 3.49. The van der Waals surface area contributed by atoms with Crippen LogP contribution in [0.25, 0.3) is 0 Å². The fourth-order valence-corrected chi connectivity index (χ4v) is 1.46. The molecule has 0 aromatic carbocycles. The first-order valence-electron chi connectivity index (χ1n) is 2.29. The molecule has 0 aliphatic heterocycles. The van der Waals surface area contributed by atoms with E-state index in [-0.39, 0.29) is 6.61 Å². The van der Waals surface area contributed by atoms with Gasteiger partial charge in [0.25, 0.3) is 0 Å². The Labute approximate surface area is 58.3 Å².